The molecule has 1 atom stereocenters. The van der Waals surface area contributed by atoms with Crippen LogP contribution in [0.25, 0.3) is 11.1 Å². The van der Waals surface area contributed by atoms with Crippen molar-refractivity contribution >= 4 is 23.2 Å². The van der Waals surface area contributed by atoms with E-state index in [-0.39, 0.29) is 0 Å². The average Bonchev–Trinajstić information content (AvgIpc) is 2.92. The summed E-state index contributed by atoms with van der Waals surface area (Å²) in [5, 5.41) is 11.8. The number of rotatable bonds is 3. The van der Waals surface area contributed by atoms with E-state index in [9.17, 15) is 5.11 Å². The molecule has 0 spiro atoms. The Hall–Kier alpha value is -1.74. The predicted molar refractivity (Wildman–Crippen MR) is 96.1 cm³/mol. The third-order valence-corrected chi connectivity index (χ3v) is 4.64. The molecule has 0 bridgehead atoms. The smallest absolute Gasteiger partial charge is 0.106 e. The molecule has 0 aliphatic heterocycles. The van der Waals surface area contributed by atoms with Gasteiger partial charge in [-0.15, -0.1) is 0 Å². The second-order valence-corrected chi connectivity index (χ2v) is 6.55. The van der Waals surface area contributed by atoms with Gasteiger partial charge in [0.1, 0.15) is 6.10 Å². The number of aliphatic hydroxyl groups excluding tert-OH is 1. The van der Waals surface area contributed by atoms with Crippen LogP contribution in [0.15, 0.2) is 54.9 Å². The van der Waals surface area contributed by atoms with E-state index >= 15 is 0 Å². The molecule has 1 N–H and O–H groups in total. The second kappa shape index (κ2) is 6.40. The number of aromatic nitrogens is 1. The van der Waals surface area contributed by atoms with Gasteiger partial charge in [-0.05, 0) is 30.2 Å². The van der Waals surface area contributed by atoms with Crippen LogP contribution in [0.4, 0.5) is 0 Å². The van der Waals surface area contributed by atoms with E-state index in [1.807, 2.05) is 67.3 Å². The van der Waals surface area contributed by atoms with Gasteiger partial charge in [-0.1, -0.05) is 59.1 Å². The average molecular weight is 346 g/mol. The fourth-order valence-corrected chi connectivity index (χ4v) is 2.95. The van der Waals surface area contributed by atoms with Gasteiger partial charge in [0, 0.05) is 30.6 Å². The van der Waals surface area contributed by atoms with Crippen LogP contribution in [0, 0.1) is 6.92 Å². The third kappa shape index (κ3) is 3.30. The molecule has 0 saturated carbocycles. The van der Waals surface area contributed by atoms with Crippen LogP contribution in [-0.2, 0) is 7.05 Å². The molecule has 3 aromatic rings. The maximum absolute atomic E-state index is 10.8. The van der Waals surface area contributed by atoms with E-state index < -0.39 is 6.10 Å². The Morgan fingerprint density at radius 1 is 0.957 bits per heavy atom. The second-order valence-electron chi connectivity index (χ2n) is 5.73. The Morgan fingerprint density at radius 3 is 2.30 bits per heavy atom. The molecule has 2 nitrogen and oxygen atoms in total. The first kappa shape index (κ1) is 16.1. The SMILES string of the molecule is Cc1ccc(C(O)c2cn(C)cc2-c2ccc(Cl)c(Cl)c2)cc1. The number of hydrogen-bond acceptors (Lipinski definition) is 1. The van der Waals surface area contributed by atoms with Gasteiger partial charge in [0.15, 0.2) is 0 Å². The highest BCUT2D eigenvalue weighted by atomic mass is 35.5. The van der Waals surface area contributed by atoms with Gasteiger partial charge < -0.3 is 9.67 Å². The lowest BCUT2D eigenvalue weighted by molar-refractivity contribution is 0.221. The Kier molecular flexibility index (Phi) is 4.49. The minimum atomic E-state index is -0.693. The van der Waals surface area contributed by atoms with Gasteiger partial charge in [0.2, 0.25) is 0 Å². The van der Waals surface area contributed by atoms with Crippen LogP contribution in [0.3, 0.4) is 0 Å². The van der Waals surface area contributed by atoms with Gasteiger partial charge in [-0.25, -0.2) is 0 Å². The Morgan fingerprint density at radius 2 is 1.65 bits per heavy atom. The van der Waals surface area contributed by atoms with Gasteiger partial charge in [0.05, 0.1) is 10.0 Å². The third-order valence-electron chi connectivity index (χ3n) is 3.90. The molecule has 1 aromatic heterocycles. The molecule has 23 heavy (non-hydrogen) atoms. The molecule has 2 aromatic carbocycles. The summed E-state index contributed by atoms with van der Waals surface area (Å²) in [4.78, 5) is 0. The monoisotopic (exact) mass is 345 g/mol. The summed E-state index contributed by atoms with van der Waals surface area (Å²) in [5.74, 6) is 0. The van der Waals surface area contributed by atoms with E-state index in [1.54, 1.807) is 6.07 Å². The molecule has 4 heteroatoms. The zero-order valence-electron chi connectivity index (χ0n) is 12.9. The molecule has 1 heterocycles. The predicted octanol–water partition coefficient (Wildman–Crippen LogP) is 5.39. The van der Waals surface area contributed by atoms with Gasteiger partial charge >= 0.3 is 0 Å². The van der Waals surface area contributed by atoms with Crippen molar-refractivity contribution in [2.24, 2.45) is 7.05 Å². The largest absolute Gasteiger partial charge is 0.384 e. The van der Waals surface area contributed by atoms with Crippen molar-refractivity contribution in [3.05, 3.63) is 81.6 Å². The normalized spacial score (nSPS) is 12.4. The van der Waals surface area contributed by atoms with Crippen LogP contribution in [0.2, 0.25) is 10.0 Å². The van der Waals surface area contributed by atoms with Crippen LogP contribution >= 0.6 is 23.2 Å². The van der Waals surface area contributed by atoms with Crippen molar-refractivity contribution in [1.29, 1.82) is 0 Å². The van der Waals surface area contributed by atoms with Crippen molar-refractivity contribution in [3.8, 4) is 11.1 Å². The standard InChI is InChI=1S/C19H17Cl2NO/c1-12-3-5-13(6-4-12)19(23)16-11-22(2)10-15(16)14-7-8-17(20)18(21)9-14/h3-11,19,23H,1-2H3. The van der Waals surface area contributed by atoms with E-state index in [2.05, 4.69) is 0 Å². The fraction of sp³-hybridized carbons (Fsp3) is 0.158. The topological polar surface area (TPSA) is 25.2 Å². The Balaban J connectivity index is 2.06. The van der Waals surface area contributed by atoms with Gasteiger partial charge in [-0.3, -0.25) is 0 Å². The molecule has 0 fully saturated rings. The summed E-state index contributed by atoms with van der Waals surface area (Å²) in [6.07, 6.45) is 3.22. The molecule has 0 aliphatic carbocycles. The van der Waals surface area contributed by atoms with Crippen molar-refractivity contribution in [2.45, 2.75) is 13.0 Å². The molecule has 0 aliphatic rings. The number of nitrogens with zero attached hydrogens (tertiary/aromatic N) is 1. The van der Waals surface area contributed by atoms with Crippen LogP contribution in [0.1, 0.15) is 22.8 Å². The summed E-state index contributed by atoms with van der Waals surface area (Å²) in [7, 11) is 1.94. The van der Waals surface area contributed by atoms with Crippen molar-refractivity contribution in [3.63, 3.8) is 0 Å². The first-order chi connectivity index (χ1) is 11.0. The summed E-state index contributed by atoms with van der Waals surface area (Å²) in [6, 6.07) is 13.4. The summed E-state index contributed by atoms with van der Waals surface area (Å²) in [5.41, 5.74) is 4.75. The minimum absolute atomic E-state index is 0.504. The van der Waals surface area contributed by atoms with E-state index in [1.165, 1.54) is 5.56 Å². The van der Waals surface area contributed by atoms with E-state index in [0.29, 0.717) is 10.0 Å². The molecule has 3 rings (SSSR count). The lowest BCUT2D eigenvalue weighted by atomic mass is 9.96. The Bertz CT molecular complexity index is 837. The summed E-state index contributed by atoms with van der Waals surface area (Å²) < 4.78 is 1.94. The van der Waals surface area contributed by atoms with Crippen LogP contribution in [0.5, 0.6) is 0 Å². The highest BCUT2D eigenvalue weighted by Crippen LogP contribution is 2.35. The maximum atomic E-state index is 10.8. The molecule has 0 saturated heterocycles. The first-order valence-electron chi connectivity index (χ1n) is 7.31. The highest BCUT2D eigenvalue weighted by molar-refractivity contribution is 6.42. The van der Waals surface area contributed by atoms with E-state index in [4.69, 9.17) is 23.2 Å². The number of aryl methyl sites for hydroxylation is 2. The van der Waals surface area contributed by atoms with Crippen LogP contribution < -0.4 is 0 Å². The highest BCUT2D eigenvalue weighted by Gasteiger charge is 2.18. The molecule has 0 amide bonds. The molecule has 0 radical (unpaired) electrons. The number of halogens is 2. The van der Waals surface area contributed by atoms with Crippen LogP contribution in [-0.4, -0.2) is 9.67 Å². The van der Waals surface area contributed by atoms with Crippen molar-refractivity contribution in [2.75, 3.05) is 0 Å². The first-order valence-corrected chi connectivity index (χ1v) is 8.07. The number of benzene rings is 2. The van der Waals surface area contributed by atoms with E-state index in [0.717, 1.165) is 22.3 Å². The fourth-order valence-electron chi connectivity index (χ4n) is 2.66. The zero-order chi connectivity index (χ0) is 16.6. The van der Waals surface area contributed by atoms with Crippen molar-refractivity contribution in [1.82, 2.24) is 4.57 Å². The molecular formula is C19H17Cl2NO. The molecular weight excluding hydrogens is 329 g/mol. The van der Waals surface area contributed by atoms with Gasteiger partial charge in [0.25, 0.3) is 0 Å². The summed E-state index contributed by atoms with van der Waals surface area (Å²) in [6.45, 7) is 2.03. The lowest BCUT2D eigenvalue weighted by Gasteiger charge is -2.13. The summed E-state index contributed by atoms with van der Waals surface area (Å²) >= 11 is 12.1. The lowest BCUT2D eigenvalue weighted by Crippen LogP contribution is -2.00. The maximum Gasteiger partial charge on any atom is 0.106 e. The molecule has 1 unspecified atom stereocenters. The number of hydrogen-bond donors (Lipinski definition) is 1. The minimum Gasteiger partial charge on any atom is -0.384 e. The zero-order valence-corrected chi connectivity index (χ0v) is 14.4. The van der Waals surface area contributed by atoms with Crippen molar-refractivity contribution < 1.29 is 5.11 Å². The van der Waals surface area contributed by atoms with Gasteiger partial charge in [-0.2, -0.15) is 0 Å². The number of aliphatic hydroxyl groups is 1. The Labute approximate surface area is 145 Å². The quantitative estimate of drug-likeness (QED) is 0.676. The molecule has 118 valence electrons.